The van der Waals surface area contributed by atoms with Gasteiger partial charge in [-0.2, -0.15) is 5.10 Å². The highest BCUT2D eigenvalue weighted by molar-refractivity contribution is 6.04. The number of aromatic amines is 1. The number of piperazine rings is 1. The van der Waals surface area contributed by atoms with E-state index < -0.39 is 0 Å². The van der Waals surface area contributed by atoms with E-state index in [0.717, 1.165) is 43.7 Å². The number of nitrogens with one attached hydrogen (secondary N) is 2. The van der Waals surface area contributed by atoms with Crippen LogP contribution in [-0.2, 0) is 13.0 Å². The second kappa shape index (κ2) is 10.1. The molecule has 0 spiro atoms. The van der Waals surface area contributed by atoms with Gasteiger partial charge >= 0.3 is 6.03 Å². The first kappa shape index (κ1) is 24.5. The molecule has 2 aromatic carbocycles. The molecule has 9 heteroatoms. The average molecular weight is 515 g/mol. The predicted octanol–water partition coefficient (Wildman–Crippen LogP) is 4.06. The number of rotatable bonds is 5. The number of anilines is 1. The number of H-pyrrole nitrogens is 1. The highest BCUT2D eigenvalue weighted by Gasteiger charge is 2.43. The summed E-state index contributed by atoms with van der Waals surface area (Å²) >= 11 is 0. The molecule has 198 valence electrons. The number of hydrogen-bond acceptors (Lipinski definition) is 5. The number of aromatic nitrogens is 2. The topological polar surface area (TPSA) is 93.8 Å². The van der Waals surface area contributed by atoms with Crippen LogP contribution in [0.4, 0.5) is 10.6 Å². The van der Waals surface area contributed by atoms with E-state index in [0.29, 0.717) is 29.7 Å². The Morgan fingerprint density at radius 2 is 1.95 bits per heavy atom. The third-order valence-corrected chi connectivity index (χ3v) is 8.27. The normalized spacial score (nSPS) is 22.7. The summed E-state index contributed by atoms with van der Waals surface area (Å²) in [7, 11) is 1.57. The molecular weight excluding hydrogens is 480 g/mol. The van der Waals surface area contributed by atoms with Gasteiger partial charge in [0.05, 0.1) is 31.4 Å². The van der Waals surface area contributed by atoms with E-state index in [-0.39, 0.29) is 24.0 Å². The van der Waals surface area contributed by atoms with Crippen molar-refractivity contribution in [2.45, 2.75) is 50.9 Å². The van der Waals surface area contributed by atoms with E-state index in [1.54, 1.807) is 31.4 Å². The third-order valence-electron chi connectivity index (χ3n) is 8.27. The van der Waals surface area contributed by atoms with E-state index in [4.69, 9.17) is 4.74 Å². The molecular formula is C29H34N6O3. The monoisotopic (exact) mass is 514 g/mol. The van der Waals surface area contributed by atoms with Crippen molar-refractivity contribution in [1.29, 1.82) is 0 Å². The summed E-state index contributed by atoms with van der Waals surface area (Å²) in [5.74, 6) is 0.815. The molecule has 1 aromatic heterocycles. The summed E-state index contributed by atoms with van der Waals surface area (Å²) in [4.78, 5) is 33.6. The largest absolute Gasteiger partial charge is 0.497 e. The van der Waals surface area contributed by atoms with Crippen molar-refractivity contribution in [3.63, 3.8) is 0 Å². The van der Waals surface area contributed by atoms with Crippen LogP contribution in [0.15, 0.2) is 54.6 Å². The maximum atomic E-state index is 14.1. The van der Waals surface area contributed by atoms with Crippen LogP contribution >= 0.6 is 0 Å². The highest BCUT2D eigenvalue weighted by Crippen LogP contribution is 2.38. The number of carbonyl (C=O) groups excluding carboxylic acids is 2. The van der Waals surface area contributed by atoms with Gasteiger partial charge in [-0.05, 0) is 56.5 Å². The molecule has 0 saturated carbocycles. The number of benzene rings is 2. The van der Waals surface area contributed by atoms with Gasteiger partial charge in [0.1, 0.15) is 5.75 Å². The van der Waals surface area contributed by atoms with Crippen LogP contribution in [0, 0.1) is 0 Å². The molecule has 3 aliphatic rings. The highest BCUT2D eigenvalue weighted by atomic mass is 16.5. The number of methoxy groups -OCH3 is 1. The summed E-state index contributed by atoms with van der Waals surface area (Å²) in [5.41, 5.74) is 3.47. The molecule has 3 amide bonds. The first-order valence-corrected chi connectivity index (χ1v) is 13.4. The van der Waals surface area contributed by atoms with Crippen molar-refractivity contribution in [1.82, 2.24) is 24.9 Å². The number of ether oxygens (including phenoxy) is 1. The zero-order valence-electron chi connectivity index (χ0n) is 21.9. The first-order valence-electron chi connectivity index (χ1n) is 13.4. The number of amides is 3. The Morgan fingerprint density at radius 1 is 1.11 bits per heavy atom. The molecule has 2 saturated heterocycles. The molecule has 4 heterocycles. The van der Waals surface area contributed by atoms with Gasteiger partial charge in [0.15, 0.2) is 5.82 Å². The van der Waals surface area contributed by atoms with Gasteiger partial charge in [0.2, 0.25) is 0 Å². The fourth-order valence-corrected chi connectivity index (χ4v) is 6.18. The molecule has 1 unspecified atom stereocenters. The predicted molar refractivity (Wildman–Crippen MR) is 144 cm³/mol. The van der Waals surface area contributed by atoms with Crippen LogP contribution in [0.5, 0.6) is 5.75 Å². The second-order valence-corrected chi connectivity index (χ2v) is 10.5. The van der Waals surface area contributed by atoms with Crippen molar-refractivity contribution in [2.75, 3.05) is 32.1 Å². The van der Waals surface area contributed by atoms with E-state index in [2.05, 4.69) is 49.6 Å². The van der Waals surface area contributed by atoms with Crippen molar-refractivity contribution >= 4 is 17.8 Å². The standard InChI is InChI=1S/C29H34N6O3/c1-19-26-25(27(32-31-26)30-28(36)21-10-6-12-24(15-21)38-2)18-34(19)29(37)35-17-22-11-7-13-33(22)16-23(35)14-20-8-4-3-5-9-20/h3-6,8-10,12,15,19,22-23H,7,11,13-14,16-18H2,1-2H3,(H2,30,31,32,36)/t19?,22-,23-/m0/s1. The Morgan fingerprint density at radius 3 is 2.76 bits per heavy atom. The van der Waals surface area contributed by atoms with Crippen molar-refractivity contribution in [3.05, 3.63) is 77.0 Å². The number of nitrogens with zero attached hydrogens (tertiary/aromatic N) is 4. The zero-order chi connectivity index (χ0) is 26.2. The third kappa shape index (κ3) is 4.51. The lowest BCUT2D eigenvalue weighted by Gasteiger charge is -2.45. The van der Waals surface area contributed by atoms with Crippen LogP contribution in [-0.4, -0.2) is 75.7 Å². The molecule has 2 N–H and O–H groups in total. The number of fused-ring (bicyclic) bond motifs is 2. The fraction of sp³-hybridized carbons (Fsp3) is 0.414. The van der Waals surface area contributed by atoms with E-state index >= 15 is 0 Å². The Labute approximate surface area is 222 Å². The Balaban J connectivity index is 1.20. The van der Waals surface area contributed by atoms with Crippen molar-refractivity contribution in [3.8, 4) is 5.75 Å². The van der Waals surface area contributed by atoms with Crippen LogP contribution < -0.4 is 10.1 Å². The second-order valence-electron chi connectivity index (χ2n) is 10.5. The van der Waals surface area contributed by atoms with Crippen molar-refractivity contribution in [2.24, 2.45) is 0 Å². The van der Waals surface area contributed by atoms with Crippen LogP contribution in [0.25, 0.3) is 0 Å². The summed E-state index contributed by atoms with van der Waals surface area (Å²) < 4.78 is 5.24. The Hall–Kier alpha value is -3.85. The van der Waals surface area contributed by atoms with Gasteiger partial charge in [-0.3, -0.25) is 14.8 Å². The molecule has 38 heavy (non-hydrogen) atoms. The minimum atomic E-state index is -0.268. The van der Waals surface area contributed by atoms with Gasteiger partial charge in [-0.25, -0.2) is 4.79 Å². The Bertz CT molecular complexity index is 1320. The molecule has 2 fully saturated rings. The molecule has 6 rings (SSSR count). The van der Waals surface area contributed by atoms with Gasteiger partial charge < -0.3 is 19.9 Å². The lowest BCUT2D eigenvalue weighted by molar-refractivity contribution is 0.0517. The molecule has 3 atom stereocenters. The van der Waals surface area contributed by atoms with Crippen LogP contribution in [0.3, 0.4) is 0 Å². The SMILES string of the molecule is COc1cccc(C(=O)Nc2n[nH]c3c2CN(C(=O)N2C[C@@H]4CCCN4C[C@@H]2Cc2ccccc2)C3C)c1. The number of hydrogen-bond donors (Lipinski definition) is 2. The van der Waals surface area contributed by atoms with Crippen LogP contribution in [0.2, 0.25) is 0 Å². The molecule has 9 nitrogen and oxygen atoms in total. The van der Waals surface area contributed by atoms with Crippen LogP contribution in [0.1, 0.15) is 53.0 Å². The van der Waals surface area contributed by atoms with Gasteiger partial charge in [0.25, 0.3) is 5.91 Å². The lowest BCUT2D eigenvalue weighted by atomic mass is 10.00. The summed E-state index contributed by atoms with van der Waals surface area (Å²) in [6.07, 6.45) is 3.17. The quantitative estimate of drug-likeness (QED) is 0.536. The molecule has 3 aliphatic heterocycles. The summed E-state index contributed by atoms with van der Waals surface area (Å²) in [6, 6.07) is 17.9. The summed E-state index contributed by atoms with van der Waals surface area (Å²) in [5, 5.41) is 10.4. The van der Waals surface area contributed by atoms with E-state index in [1.165, 1.54) is 12.0 Å². The smallest absolute Gasteiger partial charge is 0.321 e. The fourth-order valence-electron chi connectivity index (χ4n) is 6.18. The molecule has 0 radical (unpaired) electrons. The van der Waals surface area contributed by atoms with Crippen molar-refractivity contribution < 1.29 is 14.3 Å². The lowest BCUT2D eigenvalue weighted by Crippen LogP contribution is -2.60. The molecule has 3 aromatic rings. The minimum absolute atomic E-state index is 0.0552. The van der Waals surface area contributed by atoms with E-state index in [9.17, 15) is 9.59 Å². The van der Waals surface area contributed by atoms with Gasteiger partial charge in [0, 0.05) is 30.3 Å². The van der Waals surface area contributed by atoms with E-state index in [1.807, 2.05) is 17.9 Å². The van der Waals surface area contributed by atoms with Gasteiger partial charge in [-0.15, -0.1) is 0 Å². The summed E-state index contributed by atoms with van der Waals surface area (Å²) in [6.45, 7) is 5.20. The molecule has 0 bridgehead atoms. The maximum absolute atomic E-state index is 14.1. The average Bonchev–Trinajstić information content (AvgIpc) is 3.65. The maximum Gasteiger partial charge on any atom is 0.321 e. The Kier molecular flexibility index (Phi) is 6.53. The van der Waals surface area contributed by atoms with Gasteiger partial charge in [-0.1, -0.05) is 36.4 Å². The number of carbonyl (C=O) groups is 2. The minimum Gasteiger partial charge on any atom is -0.497 e. The molecule has 0 aliphatic carbocycles. The first-order chi connectivity index (χ1) is 18.5. The number of urea groups is 1. The zero-order valence-corrected chi connectivity index (χ0v) is 21.9.